The molecule has 2 aromatic carbocycles. The quantitative estimate of drug-likeness (QED) is 0.692. The van der Waals surface area contributed by atoms with E-state index in [0.29, 0.717) is 5.56 Å². The van der Waals surface area contributed by atoms with E-state index < -0.39 is 35.6 Å². The molecular formula is C19H18F2N2O4. The van der Waals surface area contributed by atoms with Crippen molar-refractivity contribution >= 4 is 17.8 Å². The minimum absolute atomic E-state index is 0.101. The second-order valence-electron chi connectivity index (χ2n) is 5.96. The summed E-state index contributed by atoms with van der Waals surface area (Å²) in [4.78, 5) is 35.5. The number of benzene rings is 2. The Morgan fingerprint density at radius 2 is 1.67 bits per heavy atom. The number of carboxylic acid groups (broad SMARTS) is 1. The van der Waals surface area contributed by atoms with Gasteiger partial charge in [0.15, 0.2) is 17.7 Å². The van der Waals surface area contributed by atoms with E-state index in [2.05, 4.69) is 10.6 Å². The van der Waals surface area contributed by atoms with Gasteiger partial charge in [0.05, 0.1) is 0 Å². The lowest BCUT2D eigenvalue weighted by atomic mass is 10.1. The molecule has 27 heavy (non-hydrogen) atoms. The third-order valence-electron chi connectivity index (χ3n) is 3.73. The normalized spacial score (nSPS) is 12.7. The molecule has 0 saturated carbocycles. The van der Waals surface area contributed by atoms with E-state index in [1.54, 1.807) is 37.3 Å². The molecule has 2 rings (SSSR count). The second kappa shape index (κ2) is 8.88. The van der Waals surface area contributed by atoms with Crippen LogP contribution in [0.3, 0.4) is 0 Å². The van der Waals surface area contributed by atoms with Crippen molar-refractivity contribution in [2.75, 3.05) is 0 Å². The summed E-state index contributed by atoms with van der Waals surface area (Å²) in [6.07, 6.45) is -0.188. The molecule has 3 N–H and O–H groups in total. The molecule has 0 radical (unpaired) electrons. The molecule has 0 aliphatic heterocycles. The molecule has 0 fully saturated rings. The van der Waals surface area contributed by atoms with Gasteiger partial charge >= 0.3 is 5.97 Å². The van der Waals surface area contributed by atoms with Crippen LogP contribution in [0.25, 0.3) is 0 Å². The van der Waals surface area contributed by atoms with Gasteiger partial charge in [0.2, 0.25) is 5.91 Å². The molecule has 0 saturated heterocycles. The highest BCUT2D eigenvalue weighted by atomic mass is 19.2. The monoisotopic (exact) mass is 376 g/mol. The van der Waals surface area contributed by atoms with Crippen molar-refractivity contribution in [2.24, 2.45) is 0 Å². The maximum Gasteiger partial charge on any atom is 0.330 e. The molecule has 0 unspecified atom stereocenters. The van der Waals surface area contributed by atoms with Gasteiger partial charge in [-0.2, -0.15) is 0 Å². The molecular weight excluding hydrogens is 358 g/mol. The molecule has 0 heterocycles. The van der Waals surface area contributed by atoms with Gasteiger partial charge in [-0.05, 0) is 36.8 Å². The van der Waals surface area contributed by atoms with Gasteiger partial charge in [-0.15, -0.1) is 0 Å². The summed E-state index contributed by atoms with van der Waals surface area (Å²) in [6, 6.07) is 8.87. The van der Waals surface area contributed by atoms with Crippen LogP contribution in [0.1, 0.15) is 35.3 Å². The topological polar surface area (TPSA) is 95.5 Å². The first-order valence-corrected chi connectivity index (χ1v) is 8.11. The summed E-state index contributed by atoms with van der Waals surface area (Å²) >= 11 is 0. The minimum Gasteiger partial charge on any atom is -0.479 e. The Labute approximate surface area is 154 Å². The molecule has 0 aliphatic carbocycles. The highest BCUT2D eigenvalue weighted by Gasteiger charge is 2.24. The molecule has 2 atom stereocenters. The zero-order chi connectivity index (χ0) is 20.0. The Morgan fingerprint density at radius 3 is 2.26 bits per heavy atom. The highest BCUT2D eigenvalue weighted by molar-refractivity contribution is 5.94. The Hall–Kier alpha value is -3.29. The summed E-state index contributed by atoms with van der Waals surface area (Å²) in [5.41, 5.74) is 0.325. The van der Waals surface area contributed by atoms with Crippen molar-refractivity contribution in [2.45, 2.75) is 25.4 Å². The van der Waals surface area contributed by atoms with Crippen LogP contribution >= 0.6 is 0 Å². The molecule has 6 nitrogen and oxygen atoms in total. The summed E-state index contributed by atoms with van der Waals surface area (Å²) < 4.78 is 26.3. The highest BCUT2D eigenvalue weighted by Crippen LogP contribution is 2.17. The SMILES string of the molecule is C[C@@H](CC(=O)N[C@@H](C(=O)O)c1ccc(F)c(F)c1)NC(=O)c1ccccc1. The van der Waals surface area contributed by atoms with Crippen molar-refractivity contribution in [3.05, 3.63) is 71.3 Å². The first kappa shape index (κ1) is 20.0. The molecule has 0 aliphatic rings. The van der Waals surface area contributed by atoms with Gasteiger partial charge in [-0.1, -0.05) is 24.3 Å². The fourth-order valence-corrected chi connectivity index (χ4v) is 2.43. The number of carbonyl (C=O) groups is 3. The fourth-order valence-electron chi connectivity index (χ4n) is 2.43. The van der Waals surface area contributed by atoms with Crippen LogP contribution in [0.4, 0.5) is 8.78 Å². The Morgan fingerprint density at radius 1 is 1.00 bits per heavy atom. The first-order chi connectivity index (χ1) is 12.8. The summed E-state index contributed by atoms with van der Waals surface area (Å²) in [5.74, 6) is -4.78. The van der Waals surface area contributed by atoms with E-state index in [9.17, 15) is 28.3 Å². The molecule has 2 aromatic rings. The predicted octanol–water partition coefficient (Wildman–Crippen LogP) is 2.42. The second-order valence-corrected chi connectivity index (χ2v) is 5.96. The fraction of sp³-hybridized carbons (Fsp3) is 0.211. The van der Waals surface area contributed by atoms with Gasteiger partial charge < -0.3 is 15.7 Å². The smallest absolute Gasteiger partial charge is 0.330 e. The van der Waals surface area contributed by atoms with Crippen LogP contribution in [-0.2, 0) is 9.59 Å². The van der Waals surface area contributed by atoms with Crippen LogP contribution < -0.4 is 10.6 Å². The standard InChI is InChI=1S/C19H18F2N2O4/c1-11(22-18(25)12-5-3-2-4-6-12)9-16(24)23-17(19(26)27)13-7-8-14(20)15(21)10-13/h2-8,10-11,17H,9H2,1H3,(H,22,25)(H,23,24)(H,26,27)/t11-,17+/m0/s1. The summed E-state index contributed by atoms with van der Waals surface area (Å²) in [5, 5.41) is 14.1. The van der Waals surface area contributed by atoms with Gasteiger partial charge in [-0.25, -0.2) is 13.6 Å². The molecule has 0 aromatic heterocycles. The van der Waals surface area contributed by atoms with Crippen molar-refractivity contribution in [1.82, 2.24) is 10.6 Å². The van der Waals surface area contributed by atoms with Crippen LogP contribution in [-0.4, -0.2) is 28.9 Å². The largest absolute Gasteiger partial charge is 0.479 e. The molecule has 0 bridgehead atoms. The molecule has 2 amide bonds. The number of halogens is 2. The maximum absolute atomic E-state index is 13.3. The number of carboxylic acids is 1. The zero-order valence-electron chi connectivity index (χ0n) is 14.4. The Kier molecular flexibility index (Phi) is 6.59. The van der Waals surface area contributed by atoms with Crippen LogP contribution in [0.5, 0.6) is 0 Å². The maximum atomic E-state index is 13.3. The average molecular weight is 376 g/mol. The number of hydrogen-bond acceptors (Lipinski definition) is 3. The summed E-state index contributed by atoms with van der Waals surface area (Å²) in [6.45, 7) is 1.59. The Bertz CT molecular complexity index is 843. The van der Waals surface area contributed by atoms with Gasteiger partial charge in [0, 0.05) is 18.0 Å². The van der Waals surface area contributed by atoms with E-state index >= 15 is 0 Å². The number of aliphatic carboxylic acids is 1. The molecule has 0 spiro atoms. The van der Waals surface area contributed by atoms with Gasteiger partial charge in [0.1, 0.15) is 0 Å². The van der Waals surface area contributed by atoms with Crippen molar-refractivity contribution < 1.29 is 28.3 Å². The van der Waals surface area contributed by atoms with E-state index in [1.165, 1.54) is 0 Å². The first-order valence-electron chi connectivity index (χ1n) is 8.11. The van der Waals surface area contributed by atoms with Crippen molar-refractivity contribution in [3.8, 4) is 0 Å². The minimum atomic E-state index is -1.54. The van der Waals surface area contributed by atoms with Gasteiger partial charge in [0.25, 0.3) is 5.91 Å². The van der Waals surface area contributed by atoms with Gasteiger partial charge in [-0.3, -0.25) is 9.59 Å². The van der Waals surface area contributed by atoms with Crippen LogP contribution in [0.15, 0.2) is 48.5 Å². The molecule has 8 heteroatoms. The summed E-state index contributed by atoms with van der Waals surface area (Å²) in [7, 11) is 0. The predicted molar refractivity (Wildman–Crippen MR) is 92.9 cm³/mol. The lowest BCUT2D eigenvalue weighted by molar-refractivity contribution is -0.142. The third-order valence-corrected chi connectivity index (χ3v) is 3.73. The zero-order valence-corrected chi connectivity index (χ0v) is 14.4. The average Bonchev–Trinajstić information content (AvgIpc) is 2.62. The number of carbonyl (C=O) groups excluding carboxylic acids is 2. The van der Waals surface area contributed by atoms with Crippen LogP contribution in [0, 0.1) is 11.6 Å². The lowest BCUT2D eigenvalue weighted by Crippen LogP contribution is -2.40. The lowest BCUT2D eigenvalue weighted by Gasteiger charge is -2.18. The van der Waals surface area contributed by atoms with Crippen molar-refractivity contribution in [1.29, 1.82) is 0 Å². The van der Waals surface area contributed by atoms with E-state index in [0.717, 1.165) is 18.2 Å². The van der Waals surface area contributed by atoms with E-state index in [-0.39, 0.29) is 17.9 Å². The van der Waals surface area contributed by atoms with E-state index in [4.69, 9.17) is 0 Å². The number of amides is 2. The van der Waals surface area contributed by atoms with Crippen molar-refractivity contribution in [3.63, 3.8) is 0 Å². The number of rotatable bonds is 7. The molecule has 142 valence electrons. The third kappa shape index (κ3) is 5.60. The van der Waals surface area contributed by atoms with Crippen LogP contribution in [0.2, 0.25) is 0 Å². The number of hydrogen-bond donors (Lipinski definition) is 3. The number of nitrogens with one attached hydrogen (secondary N) is 2. The van der Waals surface area contributed by atoms with E-state index in [1.807, 2.05) is 0 Å². The Balaban J connectivity index is 1.98.